The number of benzene rings is 1. The van der Waals surface area contributed by atoms with Crippen LogP contribution < -0.4 is 0 Å². The molecule has 1 aromatic carbocycles. The van der Waals surface area contributed by atoms with Gasteiger partial charge in [0.05, 0.1) is 0 Å². The van der Waals surface area contributed by atoms with Gasteiger partial charge in [-0.15, -0.1) is 0 Å². The van der Waals surface area contributed by atoms with Crippen LogP contribution in [-0.4, -0.2) is 17.9 Å². The summed E-state index contributed by atoms with van der Waals surface area (Å²) in [6.45, 7) is 1.63. The van der Waals surface area contributed by atoms with Crippen LogP contribution in [0.4, 0.5) is 0 Å². The van der Waals surface area contributed by atoms with Crippen LogP contribution in [-0.2, 0) is 4.79 Å². The van der Waals surface area contributed by atoms with E-state index in [9.17, 15) is 4.79 Å². The number of amides is 1. The van der Waals surface area contributed by atoms with Crippen molar-refractivity contribution in [3.05, 3.63) is 41.6 Å². The highest BCUT2D eigenvalue weighted by Crippen LogP contribution is 2.33. The number of hydrogen-bond acceptors (Lipinski definition) is 1. The van der Waals surface area contributed by atoms with Crippen LogP contribution >= 0.6 is 0 Å². The van der Waals surface area contributed by atoms with E-state index in [1.54, 1.807) is 6.92 Å². The molecule has 0 aromatic heterocycles. The Hall–Kier alpha value is -1.57. The third-order valence-electron chi connectivity index (χ3n) is 3.44. The fourth-order valence-electron chi connectivity index (χ4n) is 2.40. The number of hydrogen-bond donors (Lipinski definition) is 0. The second-order valence-electron chi connectivity index (χ2n) is 4.58. The third kappa shape index (κ3) is 2.57. The minimum Gasteiger partial charge on any atom is -0.319 e. The summed E-state index contributed by atoms with van der Waals surface area (Å²) in [4.78, 5) is 13.3. The third-order valence-corrected chi connectivity index (χ3v) is 3.44. The van der Waals surface area contributed by atoms with E-state index in [0.29, 0.717) is 0 Å². The van der Waals surface area contributed by atoms with Crippen molar-refractivity contribution in [2.45, 2.75) is 32.6 Å². The molecule has 0 bridgehead atoms. The molecule has 90 valence electrons. The van der Waals surface area contributed by atoms with Crippen LogP contribution in [0.2, 0.25) is 0 Å². The molecule has 0 spiro atoms. The predicted molar refractivity (Wildman–Crippen MR) is 70.3 cm³/mol. The van der Waals surface area contributed by atoms with E-state index >= 15 is 0 Å². The van der Waals surface area contributed by atoms with E-state index in [1.807, 2.05) is 18.0 Å². The normalized spacial score (nSPS) is 15.9. The van der Waals surface area contributed by atoms with Crippen molar-refractivity contribution in [2.24, 2.45) is 0 Å². The van der Waals surface area contributed by atoms with Crippen LogP contribution in [0.1, 0.15) is 38.2 Å². The van der Waals surface area contributed by atoms with Gasteiger partial charge in [0.1, 0.15) is 0 Å². The molecule has 1 aliphatic rings. The summed E-state index contributed by atoms with van der Waals surface area (Å²) in [5.41, 5.74) is 3.81. The molecule has 0 unspecified atom stereocenters. The first-order chi connectivity index (χ1) is 8.20. The van der Waals surface area contributed by atoms with E-state index in [0.717, 1.165) is 12.8 Å². The molecular formula is C15H19NO. The fourth-order valence-corrected chi connectivity index (χ4v) is 2.40. The molecule has 1 amide bonds. The molecular weight excluding hydrogens is 210 g/mol. The van der Waals surface area contributed by atoms with Gasteiger partial charge in [0.2, 0.25) is 5.91 Å². The smallest absolute Gasteiger partial charge is 0.223 e. The maximum absolute atomic E-state index is 11.5. The molecule has 0 saturated carbocycles. The van der Waals surface area contributed by atoms with Crippen molar-refractivity contribution < 1.29 is 4.79 Å². The highest BCUT2D eigenvalue weighted by molar-refractivity contribution is 5.79. The number of allylic oxidation sites excluding steroid dienone is 2. The molecule has 0 saturated heterocycles. The molecule has 0 aliphatic heterocycles. The molecule has 0 radical (unpaired) electrons. The van der Waals surface area contributed by atoms with Gasteiger partial charge in [0.25, 0.3) is 0 Å². The van der Waals surface area contributed by atoms with Crippen molar-refractivity contribution in [1.29, 1.82) is 0 Å². The second-order valence-corrected chi connectivity index (χ2v) is 4.58. The van der Waals surface area contributed by atoms with Crippen molar-refractivity contribution in [3.63, 3.8) is 0 Å². The monoisotopic (exact) mass is 229 g/mol. The van der Waals surface area contributed by atoms with Crippen molar-refractivity contribution in [1.82, 2.24) is 4.90 Å². The van der Waals surface area contributed by atoms with Gasteiger partial charge >= 0.3 is 0 Å². The van der Waals surface area contributed by atoms with Gasteiger partial charge in [0, 0.05) is 19.7 Å². The molecule has 1 aliphatic carbocycles. The Bertz CT molecular complexity index is 433. The Morgan fingerprint density at radius 1 is 1.12 bits per heavy atom. The Morgan fingerprint density at radius 3 is 2.41 bits per heavy atom. The largest absolute Gasteiger partial charge is 0.319 e. The summed E-state index contributed by atoms with van der Waals surface area (Å²) in [5, 5.41) is 0. The highest BCUT2D eigenvalue weighted by atomic mass is 16.2. The summed E-state index contributed by atoms with van der Waals surface area (Å²) in [5.74, 6) is 0.121. The zero-order valence-corrected chi connectivity index (χ0v) is 10.6. The summed E-state index contributed by atoms with van der Waals surface area (Å²) >= 11 is 0. The van der Waals surface area contributed by atoms with E-state index in [2.05, 4.69) is 24.3 Å². The molecule has 0 atom stereocenters. The summed E-state index contributed by atoms with van der Waals surface area (Å²) in [7, 11) is 1.88. The van der Waals surface area contributed by atoms with E-state index in [4.69, 9.17) is 0 Å². The molecule has 2 rings (SSSR count). The Balaban J connectivity index is 2.41. The summed E-state index contributed by atoms with van der Waals surface area (Å²) in [6.07, 6.45) is 4.50. The lowest BCUT2D eigenvalue weighted by atomic mass is 9.90. The summed E-state index contributed by atoms with van der Waals surface area (Å²) in [6, 6.07) is 10.4. The van der Waals surface area contributed by atoms with E-state index in [-0.39, 0.29) is 5.91 Å². The molecule has 1 aromatic rings. The molecule has 2 nitrogen and oxygen atoms in total. The van der Waals surface area contributed by atoms with Crippen LogP contribution in [0.5, 0.6) is 0 Å². The maximum Gasteiger partial charge on any atom is 0.223 e. The lowest BCUT2D eigenvalue weighted by Gasteiger charge is -2.27. The Kier molecular flexibility index (Phi) is 3.62. The molecule has 0 N–H and O–H groups in total. The Morgan fingerprint density at radius 2 is 1.76 bits per heavy atom. The van der Waals surface area contributed by atoms with Crippen molar-refractivity contribution >= 4 is 11.5 Å². The topological polar surface area (TPSA) is 20.3 Å². The van der Waals surface area contributed by atoms with Gasteiger partial charge in [-0.25, -0.2) is 0 Å². The Labute approximate surface area is 103 Å². The van der Waals surface area contributed by atoms with Crippen molar-refractivity contribution in [2.75, 3.05) is 7.05 Å². The van der Waals surface area contributed by atoms with Gasteiger partial charge < -0.3 is 4.90 Å². The zero-order chi connectivity index (χ0) is 12.3. The lowest BCUT2D eigenvalue weighted by Crippen LogP contribution is -2.25. The average Bonchev–Trinajstić information content (AvgIpc) is 2.39. The first kappa shape index (κ1) is 11.9. The highest BCUT2D eigenvalue weighted by Gasteiger charge is 2.19. The first-order valence-corrected chi connectivity index (χ1v) is 6.22. The van der Waals surface area contributed by atoms with Gasteiger partial charge in [-0.05, 0) is 36.8 Å². The summed E-state index contributed by atoms with van der Waals surface area (Å²) < 4.78 is 0. The quantitative estimate of drug-likeness (QED) is 0.760. The van der Waals surface area contributed by atoms with Gasteiger partial charge in [-0.1, -0.05) is 30.3 Å². The van der Waals surface area contributed by atoms with Gasteiger partial charge in [-0.2, -0.15) is 0 Å². The lowest BCUT2D eigenvalue weighted by molar-refractivity contribution is -0.125. The molecule has 17 heavy (non-hydrogen) atoms. The fraction of sp³-hybridized carbons (Fsp3) is 0.400. The molecule has 0 heterocycles. The minimum absolute atomic E-state index is 0.121. The van der Waals surface area contributed by atoms with Gasteiger partial charge in [-0.3, -0.25) is 4.79 Å². The van der Waals surface area contributed by atoms with Gasteiger partial charge in [0.15, 0.2) is 0 Å². The standard InChI is InChI=1S/C15H19NO/c1-12(17)16(2)15-11-7-6-10-14(15)13-8-4-3-5-9-13/h3-5,8-9H,6-7,10-11H2,1-2H3. The second kappa shape index (κ2) is 5.17. The van der Waals surface area contributed by atoms with Crippen LogP contribution in [0, 0.1) is 0 Å². The number of carbonyl (C=O) groups is 1. The van der Waals surface area contributed by atoms with Crippen LogP contribution in [0.15, 0.2) is 36.0 Å². The molecule has 2 heteroatoms. The van der Waals surface area contributed by atoms with E-state index < -0.39 is 0 Å². The van der Waals surface area contributed by atoms with Crippen molar-refractivity contribution in [3.8, 4) is 0 Å². The minimum atomic E-state index is 0.121. The average molecular weight is 229 g/mol. The SMILES string of the molecule is CC(=O)N(C)C1=C(c2ccccc2)CCCC1. The number of nitrogens with zero attached hydrogens (tertiary/aromatic N) is 1. The first-order valence-electron chi connectivity index (χ1n) is 6.22. The van der Waals surface area contributed by atoms with Crippen LogP contribution in [0.25, 0.3) is 5.57 Å². The van der Waals surface area contributed by atoms with E-state index in [1.165, 1.54) is 29.7 Å². The predicted octanol–water partition coefficient (Wildman–Crippen LogP) is 3.45. The van der Waals surface area contributed by atoms with Crippen LogP contribution in [0.3, 0.4) is 0 Å². The number of rotatable bonds is 2. The molecule has 0 fully saturated rings. The zero-order valence-electron chi connectivity index (χ0n) is 10.6. The number of carbonyl (C=O) groups excluding carboxylic acids is 1. The maximum atomic E-state index is 11.5.